The normalized spacial score (nSPS) is 12.7. The summed E-state index contributed by atoms with van der Waals surface area (Å²) < 4.78 is 0. The lowest BCUT2D eigenvalue weighted by Crippen LogP contribution is -2.19. The van der Waals surface area contributed by atoms with Gasteiger partial charge in [-0.2, -0.15) is 0 Å². The monoisotopic (exact) mass is 199 g/mol. The average molecular weight is 199 g/mol. The fraction of sp³-hybridized carbons (Fsp3) is 0.917. The molecule has 2 heteroatoms. The maximum absolute atomic E-state index is 10.1. The van der Waals surface area contributed by atoms with Crippen molar-refractivity contribution in [3.8, 4) is 0 Å². The van der Waals surface area contributed by atoms with Crippen molar-refractivity contribution >= 4 is 6.29 Å². The summed E-state index contributed by atoms with van der Waals surface area (Å²) in [6.45, 7) is 2.23. The summed E-state index contributed by atoms with van der Waals surface area (Å²) in [5.74, 6) is 0. The van der Waals surface area contributed by atoms with Crippen LogP contribution in [0.1, 0.15) is 64.7 Å². The number of aldehydes is 1. The fourth-order valence-corrected chi connectivity index (χ4v) is 1.61. The van der Waals surface area contributed by atoms with Gasteiger partial charge in [-0.25, -0.2) is 0 Å². The molecule has 2 N–H and O–H groups in total. The molecule has 0 radical (unpaired) electrons. The van der Waals surface area contributed by atoms with Crippen LogP contribution in [0.3, 0.4) is 0 Å². The molecular weight excluding hydrogens is 174 g/mol. The Hall–Kier alpha value is -0.370. The third kappa shape index (κ3) is 9.72. The van der Waals surface area contributed by atoms with Crippen LogP contribution >= 0.6 is 0 Å². The molecule has 0 saturated carbocycles. The van der Waals surface area contributed by atoms with Crippen molar-refractivity contribution < 1.29 is 4.79 Å². The van der Waals surface area contributed by atoms with Crippen molar-refractivity contribution in [1.29, 1.82) is 0 Å². The minimum Gasteiger partial charge on any atom is -0.328 e. The van der Waals surface area contributed by atoms with E-state index >= 15 is 0 Å². The topological polar surface area (TPSA) is 43.1 Å². The van der Waals surface area contributed by atoms with Crippen LogP contribution in [0.2, 0.25) is 0 Å². The van der Waals surface area contributed by atoms with Crippen molar-refractivity contribution in [2.75, 3.05) is 0 Å². The minimum atomic E-state index is 0.242. The molecule has 84 valence electrons. The lowest BCUT2D eigenvalue weighted by atomic mass is 10.0. The van der Waals surface area contributed by atoms with Crippen LogP contribution in [0.4, 0.5) is 0 Å². The Morgan fingerprint density at radius 3 is 2.36 bits per heavy atom. The zero-order valence-corrected chi connectivity index (χ0v) is 9.50. The fourth-order valence-electron chi connectivity index (χ4n) is 1.61. The second kappa shape index (κ2) is 10.7. The van der Waals surface area contributed by atoms with Crippen LogP contribution in [0, 0.1) is 0 Å². The lowest BCUT2D eigenvalue weighted by Gasteiger charge is -2.08. The number of nitrogens with two attached hydrogens (primary N) is 1. The van der Waals surface area contributed by atoms with Gasteiger partial charge in [0.25, 0.3) is 0 Å². The summed E-state index contributed by atoms with van der Waals surface area (Å²) >= 11 is 0. The van der Waals surface area contributed by atoms with Crippen molar-refractivity contribution in [3.05, 3.63) is 0 Å². The zero-order chi connectivity index (χ0) is 10.6. The van der Waals surface area contributed by atoms with Gasteiger partial charge in [0.2, 0.25) is 0 Å². The smallest absolute Gasteiger partial charge is 0.120 e. The summed E-state index contributed by atoms with van der Waals surface area (Å²) in [5.41, 5.74) is 5.84. The molecule has 1 atom stereocenters. The van der Waals surface area contributed by atoms with E-state index in [0.717, 1.165) is 19.1 Å². The van der Waals surface area contributed by atoms with Gasteiger partial charge in [0.15, 0.2) is 0 Å². The quantitative estimate of drug-likeness (QED) is 0.434. The Bertz CT molecular complexity index is 125. The molecule has 0 spiro atoms. The van der Waals surface area contributed by atoms with Crippen LogP contribution in [0.15, 0.2) is 0 Å². The number of carbonyl (C=O) groups is 1. The summed E-state index contributed by atoms with van der Waals surface area (Å²) in [5, 5.41) is 0. The molecular formula is C12H25NO. The van der Waals surface area contributed by atoms with Crippen LogP contribution in [0.5, 0.6) is 0 Å². The molecule has 1 unspecified atom stereocenters. The maximum atomic E-state index is 10.1. The highest BCUT2D eigenvalue weighted by atomic mass is 16.1. The minimum absolute atomic E-state index is 0.242. The SMILES string of the molecule is CCCCCCCCC(N)CCC=O. The van der Waals surface area contributed by atoms with Gasteiger partial charge in [-0.15, -0.1) is 0 Å². The van der Waals surface area contributed by atoms with E-state index in [1.54, 1.807) is 0 Å². The third-order valence-electron chi connectivity index (χ3n) is 2.58. The maximum Gasteiger partial charge on any atom is 0.120 e. The average Bonchev–Trinajstić information content (AvgIpc) is 2.20. The Morgan fingerprint density at radius 1 is 1.07 bits per heavy atom. The highest BCUT2D eigenvalue weighted by Crippen LogP contribution is 2.09. The number of hydrogen-bond donors (Lipinski definition) is 1. The van der Waals surface area contributed by atoms with Crippen LogP contribution in [0.25, 0.3) is 0 Å². The summed E-state index contributed by atoms with van der Waals surface area (Å²) in [6, 6.07) is 0.242. The molecule has 0 aliphatic carbocycles. The highest BCUT2D eigenvalue weighted by Gasteiger charge is 2.00. The second-order valence-corrected chi connectivity index (χ2v) is 4.06. The molecule has 0 aromatic carbocycles. The predicted molar refractivity (Wildman–Crippen MR) is 61.3 cm³/mol. The van der Waals surface area contributed by atoms with E-state index < -0.39 is 0 Å². The van der Waals surface area contributed by atoms with Gasteiger partial charge < -0.3 is 10.5 Å². The Labute approximate surface area is 88.3 Å². The van der Waals surface area contributed by atoms with E-state index in [9.17, 15) is 4.79 Å². The van der Waals surface area contributed by atoms with E-state index in [0.29, 0.717) is 6.42 Å². The first-order valence-corrected chi connectivity index (χ1v) is 6.00. The second-order valence-electron chi connectivity index (χ2n) is 4.06. The zero-order valence-electron chi connectivity index (χ0n) is 9.50. The van der Waals surface area contributed by atoms with Gasteiger partial charge in [-0.1, -0.05) is 45.4 Å². The highest BCUT2D eigenvalue weighted by molar-refractivity contribution is 5.49. The molecule has 14 heavy (non-hydrogen) atoms. The van der Waals surface area contributed by atoms with Gasteiger partial charge in [-0.3, -0.25) is 0 Å². The van der Waals surface area contributed by atoms with Crippen LogP contribution < -0.4 is 5.73 Å². The molecule has 2 nitrogen and oxygen atoms in total. The standard InChI is InChI=1S/C12H25NO/c1-2-3-4-5-6-7-9-12(13)10-8-11-14/h11-12H,2-10,13H2,1H3. The van der Waals surface area contributed by atoms with E-state index in [1.807, 2.05) is 0 Å². The molecule has 0 aliphatic rings. The van der Waals surface area contributed by atoms with Crippen molar-refractivity contribution in [1.82, 2.24) is 0 Å². The molecule has 0 aliphatic heterocycles. The van der Waals surface area contributed by atoms with Gasteiger partial charge in [-0.05, 0) is 12.8 Å². The number of rotatable bonds is 10. The molecule has 0 aromatic rings. The molecule has 0 saturated heterocycles. The first-order chi connectivity index (χ1) is 6.81. The van der Waals surface area contributed by atoms with Crippen molar-refractivity contribution in [2.24, 2.45) is 5.73 Å². The van der Waals surface area contributed by atoms with Crippen molar-refractivity contribution in [2.45, 2.75) is 70.8 Å². The van der Waals surface area contributed by atoms with E-state index in [2.05, 4.69) is 6.92 Å². The van der Waals surface area contributed by atoms with Crippen LogP contribution in [-0.2, 0) is 4.79 Å². The molecule has 0 aromatic heterocycles. The Balaban J connectivity index is 3.06. The predicted octanol–water partition coefficient (Wildman–Crippen LogP) is 3.04. The van der Waals surface area contributed by atoms with E-state index in [-0.39, 0.29) is 6.04 Å². The molecule has 0 bridgehead atoms. The van der Waals surface area contributed by atoms with Crippen LogP contribution in [-0.4, -0.2) is 12.3 Å². The summed E-state index contributed by atoms with van der Waals surface area (Å²) in [7, 11) is 0. The summed E-state index contributed by atoms with van der Waals surface area (Å²) in [4.78, 5) is 10.1. The first kappa shape index (κ1) is 13.6. The number of unbranched alkanes of at least 4 members (excludes halogenated alkanes) is 5. The largest absolute Gasteiger partial charge is 0.328 e. The third-order valence-corrected chi connectivity index (χ3v) is 2.58. The number of hydrogen-bond acceptors (Lipinski definition) is 2. The molecule has 0 heterocycles. The van der Waals surface area contributed by atoms with Gasteiger partial charge >= 0.3 is 0 Å². The van der Waals surface area contributed by atoms with Gasteiger partial charge in [0.05, 0.1) is 0 Å². The first-order valence-electron chi connectivity index (χ1n) is 6.00. The van der Waals surface area contributed by atoms with E-state index in [4.69, 9.17) is 5.73 Å². The Kier molecular flexibility index (Phi) is 10.4. The van der Waals surface area contributed by atoms with Crippen molar-refractivity contribution in [3.63, 3.8) is 0 Å². The van der Waals surface area contributed by atoms with E-state index in [1.165, 1.54) is 38.5 Å². The summed E-state index contributed by atoms with van der Waals surface area (Å²) in [6.07, 6.45) is 11.4. The molecule has 0 amide bonds. The number of carbonyl (C=O) groups excluding carboxylic acids is 1. The Morgan fingerprint density at radius 2 is 1.71 bits per heavy atom. The lowest BCUT2D eigenvalue weighted by molar-refractivity contribution is -0.108. The molecule has 0 fully saturated rings. The van der Waals surface area contributed by atoms with Gasteiger partial charge in [0, 0.05) is 12.5 Å². The molecule has 0 rings (SSSR count). The van der Waals surface area contributed by atoms with Gasteiger partial charge in [0.1, 0.15) is 6.29 Å².